The van der Waals surface area contributed by atoms with Crippen LogP contribution in [0.4, 0.5) is 13.2 Å². The van der Waals surface area contributed by atoms with E-state index in [0.29, 0.717) is 5.92 Å². The van der Waals surface area contributed by atoms with Gasteiger partial charge in [-0.1, -0.05) is 38.1 Å². The number of hydrogen-bond acceptors (Lipinski definition) is 1. The molecule has 1 atom stereocenters. The van der Waals surface area contributed by atoms with Gasteiger partial charge in [0.25, 0.3) is 0 Å². The number of halogens is 4. The molecule has 0 heterocycles. The summed E-state index contributed by atoms with van der Waals surface area (Å²) in [6.07, 6.45) is -4.38. The van der Waals surface area contributed by atoms with Gasteiger partial charge in [-0.2, -0.15) is 13.2 Å². The molecule has 0 aliphatic rings. The van der Waals surface area contributed by atoms with Crippen molar-refractivity contribution >= 4 is 12.4 Å². The van der Waals surface area contributed by atoms with E-state index in [1.165, 1.54) is 12.1 Å². The second-order valence-corrected chi connectivity index (χ2v) is 3.84. The van der Waals surface area contributed by atoms with E-state index in [2.05, 4.69) is 0 Å². The van der Waals surface area contributed by atoms with Crippen molar-refractivity contribution in [1.82, 2.24) is 0 Å². The van der Waals surface area contributed by atoms with Gasteiger partial charge in [0, 0.05) is 0 Å². The summed E-state index contributed by atoms with van der Waals surface area (Å²) in [5.74, 6) is 0.307. The average molecular weight is 254 g/mol. The molecule has 1 nitrogen and oxygen atoms in total. The van der Waals surface area contributed by atoms with Crippen LogP contribution in [0.2, 0.25) is 0 Å². The Kier molecular flexibility index (Phi) is 5.29. The lowest BCUT2D eigenvalue weighted by atomic mass is 9.99. The van der Waals surface area contributed by atoms with Crippen LogP contribution in [0, 0.1) is 0 Å². The van der Waals surface area contributed by atoms with Crippen LogP contribution in [-0.4, -0.2) is 6.18 Å². The molecule has 0 bridgehead atoms. The molecule has 0 aromatic heterocycles. The Labute approximate surface area is 99.2 Å². The van der Waals surface area contributed by atoms with Crippen molar-refractivity contribution < 1.29 is 13.2 Å². The number of rotatable bonds is 2. The maximum atomic E-state index is 12.3. The van der Waals surface area contributed by atoms with Crippen molar-refractivity contribution in [2.45, 2.75) is 32.0 Å². The van der Waals surface area contributed by atoms with E-state index >= 15 is 0 Å². The Bertz CT molecular complexity index is 319. The van der Waals surface area contributed by atoms with Crippen molar-refractivity contribution in [3.63, 3.8) is 0 Å². The summed E-state index contributed by atoms with van der Waals surface area (Å²) in [5, 5.41) is 0. The number of alkyl halides is 3. The van der Waals surface area contributed by atoms with Crippen LogP contribution >= 0.6 is 12.4 Å². The van der Waals surface area contributed by atoms with Crippen LogP contribution in [0.15, 0.2) is 24.3 Å². The van der Waals surface area contributed by atoms with Gasteiger partial charge in [0.05, 0.1) is 0 Å². The van der Waals surface area contributed by atoms with Gasteiger partial charge in [-0.05, 0) is 17.0 Å². The lowest BCUT2D eigenvalue weighted by Crippen LogP contribution is -2.28. The van der Waals surface area contributed by atoms with Crippen molar-refractivity contribution in [2.75, 3.05) is 0 Å². The van der Waals surface area contributed by atoms with Crippen LogP contribution in [-0.2, 0) is 0 Å². The predicted molar refractivity (Wildman–Crippen MR) is 60.8 cm³/mol. The highest BCUT2D eigenvalue weighted by Gasteiger charge is 2.37. The fraction of sp³-hybridized carbons (Fsp3) is 0.455. The van der Waals surface area contributed by atoms with Crippen molar-refractivity contribution in [2.24, 2.45) is 5.73 Å². The molecule has 0 unspecified atom stereocenters. The first kappa shape index (κ1) is 15.3. The molecular weight excluding hydrogens is 239 g/mol. The van der Waals surface area contributed by atoms with Crippen LogP contribution in [0.5, 0.6) is 0 Å². The van der Waals surface area contributed by atoms with E-state index in [1.807, 2.05) is 13.8 Å². The molecule has 1 rings (SSSR count). The minimum atomic E-state index is -4.38. The normalized spacial score (nSPS) is 13.4. The Hall–Kier alpha value is -0.740. The zero-order chi connectivity index (χ0) is 11.6. The third-order valence-electron chi connectivity index (χ3n) is 2.31. The minimum absolute atomic E-state index is 0. The molecule has 0 aliphatic carbocycles. The third kappa shape index (κ3) is 3.68. The number of benzene rings is 1. The first-order valence-electron chi connectivity index (χ1n) is 4.74. The quantitative estimate of drug-likeness (QED) is 0.853. The Balaban J connectivity index is 0.00000225. The molecule has 5 heteroatoms. The predicted octanol–water partition coefficient (Wildman–Crippen LogP) is 3.79. The molecule has 0 spiro atoms. The molecule has 1 aromatic rings. The van der Waals surface area contributed by atoms with Gasteiger partial charge in [0.1, 0.15) is 6.04 Å². The third-order valence-corrected chi connectivity index (χ3v) is 2.31. The fourth-order valence-electron chi connectivity index (χ4n) is 1.28. The van der Waals surface area contributed by atoms with Crippen LogP contribution in [0.3, 0.4) is 0 Å². The van der Waals surface area contributed by atoms with Crippen LogP contribution < -0.4 is 5.73 Å². The smallest absolute Gasteiger partial charge is 0.316 e. The summed E-state index contributed by atoms with van der Waals surface area (Å²) in [6, 6.07) is 4.36. The van der Waals surface area contributed by atoms with Gasteiger partial charge in [-0.15, -0.1) is 12.4 Å². The summed E-state index contributed by atoms with van der Waals surface area (Å²) in [5.41, 5.74) is 6.18. The molecule has 0 saturated carbocycles. The summed E-state index contributed by atoms with van der Waals surface area (Å²) in [7, 11) is 0. The van der Waals surface area contributed by atoms with Crippen molar-refractivity contribution in [1.29, 1.82) is 0 Å². The highest BCUT2D eigenvalue weighted by molar-refractivity contribution is 5.85. The maximum absolute atomic E-state index is 12.3. The Morgan fingerprint density at radius 2 is 1.38 bits per heavy atom. The van der Waals surface area contributed by atoms with Gasteiger partial charge in [0.2, 0.25) is 0 Å². The topological polar surface area (TPSA) is 26.0 Å². The molecule has 2 N–H and O–H groups in total. The van der Waals surface area contributed by atoms with Gasteiger partial charge in [-0.25, -0.2) is 0 Å². The van der Waals surface area contributed by atoms with E-state index < -0.39 is 12.2 Å². The molecule has 0 aliphatic heterocycles. The van der Waals surface area contributed by atoms with E-state index in [4.69, 9.17) is 5.73 Å². The lowest BCUT2D eigenvalue weighted by molar-refractivity contribution is -0.149. The Morgan fingerprint density at radius 1 is 1.00 bits per heavy atom. The standard InChI is InChI=1S/C11H14F3N.ClH/c1-7(2)8-3-5-9(6-4-8)10(15)11(12,13)14;/h3-7,10H,15H2,1-2H3;1H/t10-;/m0./s1. The highest BCUT2D eigenvalue weighted by Crippen LogP contribution is 2.30. The molecule has 16 heavy (non-hydrogen) atoms. The van der Waals surface area contributed by atoms with E-state index in [-0.39, 0.29) is 18.0 Å². The zero-order valence-electron chi connectivity index (χ0n) is 9.08. The van der Waals surface area contributed by atoms with Gasteiger partial charge in [-0.3, -0.25) is 0 Å². The van der Waals surface area contributed by atoms with Crippen molar-refractivity contribution in [3.05, 3.63) is 35.4 Å². The van der Waals surface area contributed by atoms with Gasteiger partial charge >= 0.3 is 6.18 Å². The first-order valence-corrected chi connectivity index (χ1v) is 4.74. The number of hydrogen-bond donors (Lipinski definition) is 1. The van der Waals surface area contributed by atoms with Gasteiger partial charge < -0.3 is 5.73 Å². The van der Waals surface area contributed by atoms with Crippen LogP contribution in [0.25, 0.3) is 0 Å². The highest BCUT2D eigenvalue weighted by atomic mass is 35.5. The van der Waals surface area contributed by atoms with E-state index in [9.17, 15) is 13.2 Å². The molecule has 92 valence electrons. The lowest BCUT2D eigenvalue weighted by Gasteiger charge is -2.16. The molecule has 0 amide bonds. The molecule has 1 aromatic carbocycles. The van der Waals surface area contributed by atoms with E-state index in [0.717, 1.165) is 5.56 Å². The largest absolute Gasteiger partial charge is 0.407 e. The summed E-state index contributed by atoms with van der Waals surface area (Å²) in [6.45, 7) is 3.97. The molecular formula is C11H15ClF3N. The molecule has 0 saturated heterocycles. The van der Waals surface area contributed by atoms with Gasteiger partial charge in [0.15, 0.2) is 0 Å². The second-order valence-electron chi connectivity index (χ2n) is 3.84. The maximum Gasteiger partial charge on any atom is 0.407 e. The van der Waals surface area contributed by atoms with Crippen LogP contribution in [0.1, 0.15) is 36.9 Å². The molecule has 0 fully saturated rings. The monoisotopic (exact) mass is 253 g/mol. The van der Waals surface area contributed by atoms with Crippen molar-refractivity contribution in [3.8, 4) is 0 Å². The average Bonchev–Trinajstić information content (AvgIpc) is 2.15. The summed E-state index contributed by atoms with van der Waals surface area (Å²) < 4.78 is 36.8. The fourth-order valence-corrected chi connectivity index (χ4v) is 1.28. The Morgan fingerprint density at radius 3 is 1.69 bits per heavy atom. The second kappa shape index (κ2) is 5.55. The number of nitrogens with two attached hydrogens (primary N) is 1. The minimum Gasteiger partial charge on any atom is -0.316 e. The molecule has 0 radical (unpaired) electrons. The summed E-state index contributed by atoms with van der Waals surface area (Å²) >= 11 is 0. The zero-order valence-corrected chi connectivity index (χ0v) is 9.90. The summed E-state index contributed by atoms with van der Waals surface area (Å²) in [4.78, 5) is 0. The van der Waals surface area contributed by atoms with E-state index in [1.54, 1.807) is 12.1 Å². The first-order chi connectivity index (χ1) is 6.82. The SMILES string of the molecule is CC(C)c1ccc([C@H](N)C(F)(F)F)cc1.Cl.